The fourth-order valence-electron chi connectivity index (χ4n) is 5.48. The third-order valence-electron chi connectivity index (χ3n) is 7.68. The van der Waals surface area contributed by atoms with E-state index in [1.807, 2.05) is 30.0 Å². The van der Waals surface area contributed by atoms with Gasteiger partial charge in [-0.3, -0.25) is 14.8 Å². The first kappa shape index (κ1) is 23.1. The van der Waals surface area contributed by atoms with Crippen LogP contribution >= 0.6 is 0 Å². The van der Waals surface area contributed by atoms with Crippen LogP contribution in [0.25, 0.3) is 22.3 Å². The van der Waals surface area contributed by atoms with Crippen molar-refractivity contribution in [3.63, 3.8) is 0 Å². The second-order valence-corrected chi connectivity index (χ2v) is 10.7. The van der Waals surface area contributed by atoms with Crippen LogP contribution in [0.15, 0.2) is 24.3 Å². The Kier molecular flexibility index (Phi) is 5.98. The second kappa shape index (κ2) is 8.82. The summed E-state index contributed by atoms with van der Waals surface area (Å²) in [6.45, 7) is 7.69. The number of aromatic amines is 2. The molecule has 0 spiro atoms. The number of aromatic nitrogens is 3. The molecular formula is C26H34FN5O2. The summed E-state index contributed by atoms with van der Waals surface area (Å²) in [5.74, 6) is -0.0189. The van der Waals surface area contributed by atoms with E-state index in [0.29, 0.717) is 18.4 Å². The van der Waals surface area contributed by atoms with Crippen LogP contribution in [-0.2, 0) is 22.6 Å². The van der Waals surface area contributed by atoms with Crippen LogP contribution in [-0.4, -0.2) is 58.3 Å². The number of hydrogen-bond donors (Lipinski definition) is 2. The smallest absolute Gasteiger partial charge is 0.243 e. The highest BCUT2D eigenvalue weighted by molar-refractivity contribution is 5.98. The molecule has 1 aromatic carbocycles. The summed E-state index contributed by atoms with van der Waals surface area (Å²) in [7, 11) is 1.79. The number of carbonyl (C=O) groups excluding carboxylic acids is 1. The van der Waals surface area contributed by atoms with Crippen molar-refractivity contribution in [2.24, 2.45) is 5.41 Å². The number of likely N-dealkylation sites (N-methyl/N-ethyl adjacent to an activating group) is 1. The van der Waals surface area contributed by atoms with Gasteiger partial charge >= 0.3 is 0 Å². The number of H-pyrrole nitrogens is 2. The Morgan fingerprint density at radius 2 is 2.18 bits per heavy atom. The molecule has 3 aromatic rings. The van der Waals surface area contributed by atoms with E-state index in [4.69, 9.17) is 0 Å². The van der Waals surface area contributed by atoms with Crippen molar-refractivity contribution in [3.8, 4) is 11.4 Å². The number of nitrogens with zero attached hydrogens (tertiary/aromatic N) is 3. The predicted molar refractivity (Wildman–Crippen MR) is 131 cm³/mol. The Hall–Kier alpha value is -2.71. The van der Waals surface area contributed by atoms with Crippen molar-refractivity contribution in [1.82, 2.24) is 20.1 Å². The van der Waals surface area contributed by atoms with Crippen LogP contribution in [0.4, 0.5) is 10.2 Å². The first-order valence-electron chi connectivity index (χ1n) is 12.2. The average Bonchev–Trinajstić information content (AvgIpc) is 3.44. The van der Waals surface area contributed by atoms with Crippen molar-refractivity contribution in [3.05, 3.63) is 35.5 Å². The number of halogens is 1. The average molecular weight is 468 g/mol. The highest BCUT2D eigenvalue weighted by Gasteiger charge is 2.31. The van der Waals surface area contributed by atoms with Gasteiger partial charge in [-0.15, -0.1) is 0 Å². The Balaban J connectivity index is 1.36. The van der Waals surface area contributed by atoms with E-state index in [0.717, 1.165) is 60.2 Å². The first-order valence-corrected chi connectivity index (χ1v) is 12.2. The van der Waals surface area contributed by atoms with Crippen LogP contribution in [0, 0.1) is 5.41 Å². The Labute approximate surface area is 199 Å². The molecule has 1 amide bonds. The lowest BCUT2D eigenvalue weighted by molar-refractivity contribution is -0.194. The number of fused-ring (bicyclic) bond motifs is 2. The zero-order chi connectivity index (χ0) is 24.0. The van der Waals surface area contributed by atoms with Gasteiger partial charge in [0.2, 0.25) is 5.91 Å². The molecule has 0 radical (unpaired) electrons. The molecule has 5 rings (SSSR count). The van der Waals surface area contributed by atoms with Gasteiger partial charge in [0.1, 0.15) is 11.8 Å². The number of rotatable bonds is 5. The third kappa shape index (κ3) is 4.25. The van der Waals surface area contributed by atoms with Crippen LogP contribution in [0.1, 0.15) is 51.3 Å². The van der Waals surface area contributed by atoms with Crippen molar-refractivity contribution in [2.45, 2.75) is 65.0 Å². The van der Waals surface area contributed by atoms with Crippen LogP contribution in [0.5, 0.6) is 0 Å². The number of carbonyl (C=O) groups is 1. The molecule has 1 aliphatic heterocycles. The fraction of sp³-hybridized carbons (Fsp3) is 0.538. The van der Waals surface area contributed by atoms with Crippen LogP contribution in [0.2, 0.25) is 0 Å². The van der Waals surface area contributed by atoms with Crippen molar-refractivity contribution >= 4 is 22.5 Å². The van der Waals surface area contributed by atoms with Gasteiger partial charge in [-0.25, -0.2) is 0 Å². The summed E-state index contributed by atoms with van der Waals surface area (Å²) in [5.41, 5.74) is 6.63. The summed E-state index contributed by atoms with van der Waals surface area (Å²) < 4.78 is 12.7. The third-order valence-corrected chi connectivity index (χ3v) is 7.68. The number of hydrogen-bond acceptors (Lipinski definition) is 4. The molecular weight excluding hydrogens is 433 g/mol. The number of nitrogens with one attached hydrogen (secondary N) is 2. The summed E-state index contributed by atoms with van der Waals surface area (Å²) in [6.07, 6.45) is 4.24. The molecule has 1 unspecified atom stereocenters. The van der Waals surface area contributed by atoms with Crippen molar-refractivity contribution in [1.29, 1.82) is 0 Å². The van der Waals surface area contributed by atoms with Crippen molar-refractivity contribution < 1.29 is 14.3 Å². The molecule has 0 bridgehead atoms. The molecule has 2 atom stereocenters. The first-order chi connectivity index (χ1) is 16.3. The molecule has 34 heavy (non-hydrogen) atoms. The zero-order valence-corrected chi connectivity index (χ0v) is 20.4. The van der Waals surface area contributed by atoms with Gasteiger partial charge in [0.15, 0.2) is 0 Å². The highest BCUT2D eigenvalue weighted by Crippen LogP contribution is 2.38. The highest BCUT2D eigenvalue weighted by atomic mass is 19.3. The predicted octanol–water partition coefficient (Wildman–Crippen LogP) is 4.79. The molecule has 0 saturated carbocycles. The molecule has 1 saturated heterocycles. The number of amides is 1. The van der Waals surface area contributed by atoms with Gasteiger partial charge in [-0.05, 0) is 73.7 Å². The van der Waals surface area contributed by atoms with Gasteiger partial charge in [0, 0.05) is 41.4 Å². The lowest BCUT2D eigenvalue weighted by Crippen LogP contribution is -2.50. The second-order valence-electron chi connectivity index (χ2n) is 10.7. The van der Waals surface area contributed by atoms with Gasteiger partial charge < -0.3 is 9.88 Å². The summed E-state index contributed by atoms with van der Waals surface area (Å²) in [6, 6.07) is 7.80. The van der Waals surface area contributed by atoms with E-state index in [1.54, 1.807) is 11.9 Å². The van der Waals surface area contributed by atoms with E-state index in [9.17, 15) is 9.32 Å². The lowest BCUT2D eigenvalue weighted by Gasteiger charge is -2.35. The molecule has 7 nitrogen and oxygen atoms in total. The van der Waals surface area contributed by atoms with Crippen LogP contribution in [0.3, 0.4) is 0 Å². The Morgan fingerprint density at radius 1 is 1.35 bits per heavy atom. The van der Waals surface area contributed by atoms with E-state index < -0.39 is 6.10 Å². The maximum atomic E-state index is 13.2. The maximum Gasteiger partial charge on any atom is 0.243 e. The zero-order valence-electron chi connectivity index (χ0n) is 20.4. The molecule has 2 aliphatic rings. The molecule has 1 aliphatic carbocycles. The molecule has 2 aromatic heterocycles. The SMILES string of the molecule is CC(C(=O)N(C)c1ccc2cc(-c3n[nH]c4c3CCC(C)(C)C4)[nH]c2c1)N1CCC[C@H](OF)C1. The Bertz CT molecular complexity index is 1200. The number of benzene rings is 1. The normalized spacial score (nSPS) is 21.4. The van der Waals surface area contributed by atoms with E-state index in [-0.39, 0.29) is 11.9 Å². The van der Waals surface area contributed by atoms with Gasteiger partial charge in [-0.2, -0.15) is 10.0 Å². The summed E-state index contributed by atoms with van der Waals surface area (Å²) >= 11 is 0. The monoisotopic (exact) mass is 467 g/mol. The fourth-order valence-corrected chi connectivity index (χ4v) is 5.48. The lowest BCUT2D eigenvalue weighted by atomic mass is 9.76. The summed E-state index contributed by atoms with van der Waals surface area (Å²) in [4.78, 5) is 24.5. The van der Waals surface area contributed by atoms with Gasteiger partial charge in [-0.1, -0.05) is 19.9 Å². The number of anilines is 1. The molecule has 2 N–H and O–H groups in total. The quantitative estimate of drug-likeness (QED) is 0.566. The van der Waals surface area contributed by atoms with E-state index >= 15 is 0 Å². The van der Waals surface area contributed by atoms with Gasteiger partial charge in [0.05, 0.1) is 11.7 Å². The topological polar surface area (TPSA) is 77.2 Å². The molecule has 3 heterocycles. The maximum absolute atomic E-state index is 13.2. The molecule has 8 heteroatoms. The van der Waals surface area contributed by atoms with Crippen LogP contribution < -0.4 is 4.90 Å². The minimum atomic E-state index is -0.457. The minimum absolute atomic E-state index is 0.0189. The van der Waals surface area contributed by atoms with E-state index in [1.165, 1.54) is 11.3 Å². The largest absolute Gasteiger partial charge is 0.353 e. The standard InChI is InChI=1S/C26H34FN5O2/c1-16(32-11-5-6-19(15-32)34-27)25(33)31(4)18-8-7-17-12-22(28-21(17)13-18)24-20-9-10-26(2,3)14-23(20)29-30-24/h7-8,12-13,16,19,28H,5-6,9-11,14-15H2,1-4H3,(H,29,30)/t16?,19-/m0/s1. The van der Waals surface area contributed by atoms with Crippen molar-refractivity contribution in [2.75, 3.05) is 25.0 Å². The molecule has 182 valence electrons. The molecule has 1 fully saturated rings. The number of piperidine rings is 1. The summed E-state index contributed by atoms with van der Waals surface area (Å²) in [5, 5.41) is 8.98. The van der Waals surface area contributed by atoms with E-state index in [2.05, 4.69) is 40.0 Å². The van der Waals surface area contributed by atoms with Gasteiger partial charge in [0.25, 0.3) is 0 Å². The number of likely N-dealkylation sites (tertiary alicyclic amines) is 1. The minimum Gasteiger partial charge on any atom is -0.353 e. The Morgan fingerprint density at radius 3 is 2.97 bits per heavy atom.